The summed E-state index contributed by atoms with van der Waals surface area (Å²) < 4.78 is 5.26. The van der Waals surface area contributed by atoms with Gasteiger partial charge in [-0.15, -0.1) is 10.2 Å². The molecule has 0 aliphatic carbocycles. The highest BCUT2D eigenvalue weighted by Gasteiger charge is 2.07. The first kappa shape index (κ1) is 12.3. The summed E-state index contributed by atoms with van der Waals surface area (Å²) >= 11 is 6.00. The molecular formula is C12H9ClN2O3. The highest BCUT2D eigenvalue weighted by atomic mass is 35.5. The summed E-state index contributed by atoms with van der Waals surface area (Å²) in [5, 5.41) is 16.6. The number of aromatic nitrogens is 2. The highest BCUT2D eigenvalue weighted by Crippen LogP contribution is 2.18. The molecule has 0 spiro atoms. The molecule has 1 heterocycles. The Bertz CT molecular complexity index is 593. The van der Waals surface area contributed by atoms with Gasteiger partial charge in [-0.05, 0) is 11.6 Å². The van der Waals surface area contributed by atoms with Crippen LogP contribution in [0.2, 0.25) is 5.02 Å². The molecule has 92 valence electrons. The van der Waals surface area contributed by atoms with Crippen molar-refractivity contribution >= 4 is 23.6 Å². The molecule has 0 aliphatic heterocycles. The standard InChI is InChI=1S/C12H9ClN2O3/c13-9-4-2-1-3-8(9)7-11-15-14-10(18-11)5-6-12(16)17/h1-6H,7H2,(H,16,17)/b6-5+. The Morgan fingerprint density at radius 2 is 2.17 bits per heavy atom. The van der Waals surface area contributed by atoms with Crippen LogP contribution in [0.4, 0.5) is 0 Å². The molecule has 18 heavy (non-hydrogen) atoms. The Labute approximate surface area is 108 Å². The maximum atomic E-state index is 10.3. The summed E-state index contributed by atoms with van der Waals surface area (Å²) in [4.78, 5) is 10.3. The van der Waals surface area contributed by atoms with E-state index in [0.717, 1.165) is 11.6 Å². The largest absolute Gasteiger partial charge is 0.478 e. The molecule has 6 heteroatoms. The fourth-order valence-electron chi connectivity index (χ4n) is 1.35. The lowest BCUT2D eigenvalue weighted by Crippen LogP contribution is -1.89. The summed E-state index contributed by atoms with van der Waals surface area (Å²) in [6.45, 7) is 0. The van der Waals surface area contributed by atoms with Crippen molar-refractivity contribution in [3.8, 4) is 0 Å². The van der Waals surface area contributed by atoms with Crippen LogP contribution >= 0.6 is 11.6 Å². The number of nitrogens with zero attached hydrogens (tertiary/aromatic N) is 2. The second kappa shape index (κ2) is 5.46. The number of hydrogen-bond acceptors (Lipinski definition) is 4. The summed E-state index contributed by atoms with van der Waals surface area (Å²) in [7, 11) is 0. The second-order valence-corrected chi connectivity index (χ2v) is 3.88. The van der Waals surface area contributed by atoms with Gasteiger partial charge in [-0.3, -0.25) is 0 Å². The van der Waals surface area contributed by atoms with E-state index in [1.807, 2.05) is 18.2 Å². The topological polar surface area (TPSA) is 76.2 Å². The first-order chi connectivity index (χ1) is 8.65. The predicted octanol–water partition coefficient (Wildman–Crippen LogP) is 2.41. The third-order valence-electron chi connectivity index (χ3n) is 2.15. The maximum absolute atomic E-state index is 10.3. The Morgan fingerprint density at radius 3 is 2.89 bits per heavy atom. The molecule has 0 aliphatic rings. The van der Waals surface area contributed by atoms with Gasteiger partial charge in [0.25, 0.3) is 0 Å². The maximum Gasteiger partial charge on any atom is 0.328 e. The fourth-order valence-corrected chi connectivity index (χ4v) is 1.56. The normalized spacial score (nSPS) is 10.9. The van der Waals surface area contributed by atoms with Gasteiger partial charge >= 0.3 is 5.97 Å². The van der Waals surface area contributed by atoms with Crippen LogP contribution in [0.1, 0.15) is 17.3 Å². The number of aliphatic carboxylic acids is 1. The molecular weight excluding hydrogens is 256 g/mol. The highest BCUT2D eigenvalue weighted by molar-refractivity contribution is 6.31. The van der Waals surface area contributed by atoms with Gasteiger partial charge in [0.05, 0.1) is 6.42 Å². The van der Waals surface area contributed by atoms with Crippen LogP contribution in [0.5, 0.6) is 0 Å². The minimum atomic E-state index is -1.07. The van der Waals surface area contributed by atoms with Crippen LogP contribution in [0, 0.1) is 0 Å². The van der Waals surface area contributed by atoms with Crippen molar-refractivity contribution in [3.63, 3.8) is 0 Å². The summed E-state index contributed by atoms with van der Waals surface area (Å²) in [6.07, 6.45) is 2.59. The molecule has 0 atom stereocenters. The molecule has 1 aromatic carbocycles. The Hall–Kier alpha value is -2.14. The van der Waals surface area contributed by atoms with Crippen molar-refractivity contribution in [1.29, 1.82) is 0 Å². The lowest BCUT2D eigenvalue weighted by molar-refractivity contribution is -0.131. The van der Waals surface area contributed by atoms with Crippen molar-refractivity contribution in [3.05, 3.63) is 52.7 Å². The van der Waals surface area contributed by atoms with E-state index in [4.69, 9.17) is 21.1 Å². The second-order valence-electron chi connectivity index (χ2n) is 3.47. The van der Waals surface area contributed by atoms with Gasteiger partial charge in [-0.1, -0.05) is 29.8 Å². The number of rotatable bonds is 4. The quantitative estimate of drug-likeness (QED) is 0.858. The number of hydrogen-bond donors (Lipinski definition) is 1. The zero-order valence-electron chi connectivity index (χ0n) is 9.21. The number of benzene rings is 1. The smallest absolute Gasteiger partial charge is 0.328 e. The molecule has 0 unspecified atom stereocenters. The van der Waals surface area contributed by atoms with Gasteiger partial charge < -0.3 is 9.52 Å². The van der Waals surface area contributed by atoms with Crippen LogP contribution in [-0.2, 0) is 11.2 Å². The van der Waals surface area contributed by atoms with Crippen LogP contribution in [0.25, 0.3) is 6.08 Å². The van der Waals surface area contributed by atoms with Crippen molar-refractivity contribution in [2.45, 2.75) is 6.42 Å². The monoisotopic (exact) mass is 264 g/mol. The van der Waals surface area contributed by atoms with Crippen molar-refractivity contribution in [2.75, 3.05) is 0 Å². The van der Waals surface area contributed by atoms with Gasteiger partial charge in [0.2, 0.25) is 11.8 Å². The van der Waals surface area contributed by atoms with Gasteiger partial charge in [-0.2, -0.15) is 0 Å². The zero-order chi connectivity index (χ0) is 13.0. The molecule has 0 fully saturated rings. The lowest BCUT2D eigenvalue weighted by Gasteiger charge is -1.98. The third-order valence-corrected chi connectivity index (χ3v) is 2.52. The van der Waals surface area contributed by atoms with Crippen LogP contribution in [-0.4, -0.2) is 21.3 Å². The van der Waals surface area contributed by atoms with E-state index >= 15 is 0 Å². The van der Waals surface area contributed by atoms with E-state index in [0.29, 0.717) is 17.3 Å². The molecule has 0 saturated heterocycles. The van der Waals surface area contributed by atoms with Crippen LogP contribution in [0.3, 0.4) is 0 Å². The number of halogens is 1. The van der Waals surface area contributed by atoms with Crippen LogP contribution < -0.4 is 0 Å². The molecule has 5 nitrogen and oxygen atoms in total. The van der Waals surface area contributed by atoms with E-state index in [2.05, 4.69) is 10.2 Å². The molecule has 0 bridgehead atoms. The van der Waals surface area contributed by atoms with E-state index in [1.165, 1.54) is 6.08 Å². The SMILES string of the molecule is O=C(O)/C=C/c1nnc(Cc2ccccc2Cl)o1. The molecule has 2 rings (SSSR count). The number of carboxylic acid groups (broad SMARTS) is 1. The minimum absolute atomic E-state index is 0.152. The number of carbonyl (C=O) groups is 1. The first-order valence-corrected chi connectivity index (χ1v) is 5.50. The molecule has 1 aromatic heterocycles. The fraction of sp³-hybridized carbons (Fsp3) is 0.0833. The predicted molar refractivity (Wildman–Crippen MR) is 65.2 cm³/mol. The van der Waals surface area contributed by atoms with Crippen LogP contribution in [0.15, 0.2) is 34.8 Å². The summed E-state index contributed by atoms with van der Waals surface area (Å²) in [5.41, 5.74) is 0.872. The molecule has 0 saturated carbocycles. The van der Waals surface area contributed by atoms with Gasteiger partial charge in [0.1, 0.15) is 0 Å². The van der Waals surface area contributed by atoms with Gasteiger partial charge in [0.15, 0.2) is 0 Å². The molecule has 1 N–H and O–H groups in total. The lowest BCUT2D eigenvalue weighted by atomic mass is 10.1. The van der Waals surface area contributed by atoms with Crippen molar-refractivity contribution in [2.24, 2.45) is 0 Å². The first-order valence-electron chi connectivity index (χ1n) is 5.12. The van der Waals surface area contributed by atoms with E-state index in [1.54, 1.807) is 6.07 Å². The zero-order valence-corrected chi connectivity index (χ0v) is 9.96. The Kier molecular flexibility index (Phi) is 3.74. The summed E-state index contributed by atoms with van der Waals surface area (Å²) in [5.74, 6) is -0.534. The number of carboxylic acids is 1. The van der Waals surface area contributed by atoms with E-state index in [9.17, 15) is 4.79 Å². The Balaban J connectivity index is 2.12. The Morgan fingerprint density at radius 1 is 1.39 bits per heavy atom. The summed E-state index contributed by atoms with van der Waals surface area (Å²) in [6, 6.07) is 7.33. The minimum Gasteiger partial charge on any atom is -0.478 e. The van der Waals surface area contributed by atoms with Crippen molar-refractivity contribution < 1.29 is 14.3 Å². The average Bonchev–Trinajstić information content (AvgIpc) is 2.77. The van der Waals surface area contributed by atoms with E-state index in [-0.39, 0.29) is 5.89 Å². The molecule has 0 amide bonds. The van der Waals surface area contributed by atoms with Gasteiger partial charge in [0, 0.05) is 17.2 Å². The molecule has 2 aromatic rings. The van der Waals surface area contributed by atoms with Crippen molar-refractivity contribution in [1.82, 2.24) is 10.2 Å². The molecule has 0 radical (unpaired) electrons. The average molecular weight is 265 g/mol. The van der Waals surface area contributed by atoms with Gasteiger partial charge in [-0.25, -0.2) is 4.79 Å². The van der Waals surface area contributed by atoms with E-state index < -0.39 is 5.97 Å². The third kappa shape index (κ3) is 3.18.